The van der Waals surface area contributed by atoms with Crippen LogP contribution in [0.4, 0.5) is 11.5 Å². The van der Waals surface area contributed by atoms with Gasteiger partial charge in [0.25, 0.3) is 5.91 Å². The van der Waals surface area contributed by atoms with Crippen molar-refractivity contribution in [2.75, 3.05) is 5.32 Å². The molecule has 0 bridgehead atoms. The second-order valence-electron chi connectivity index (χ2n) is 4.52. The fourth-order valence-corrected chi connectivity index (χ4v) is 2.11. The molecule has 1 heterocycles. The highest BCUT2D eigenvalue weighted by atomic mass is 79.9. The van der Waals surface area contributed by atoms with E-state index < -0.39 is 4.92 Å². The summed E-state index contributed by atoms with van der Waals surface area (Å²) in [6.07, 6.45) is 1.15. The van der Waals surface area contributed by atoms with Crippen LogP contribution in [0.5, 0.6) is 0 Å². The lowest BCUT2D eigenvalue weighted by atomic mass is 10.2. The molecule has 0 aliphatic rings. The first-order valence-corrected chi connectivity index (χ1v) is 6.90. The van der Waals surface area contributed by atoms with Gasteiger partial charge in [-0.1, -0.05) is 15.9 Å². The summed E-state index contributed by atoms with van der Waals surface area (Å²) in [5, 5.41) is 13.6. The minimum Gasteiger partial charge on any atom is -0.358 e. The number of hydrogen-bond donors (Lipinski definition) is 1. The zero-order chi connectivity index (χ0) is 15.6. The summed E-state index contributed by atoms with van der Waals surface area (Å²) in [5.41, 5.74) is 1.62. The quantitative estimate of drug-likeness (QED) is 0.676. The maximum Gasteiger partial charge on any atom is 0.343 e. The summed E-state index contributed by atoms with van der Waals surface area (Å²) >= 11 is 3.38. The van der Waals surface area contributed by atoms with Gasteiger partial charge < -0.3 is 15.4 Å². The second kappa shape index (κ2) is 6.04. The van der Waals surface area contributed by atoms with Gasteiger partial charge in [-0.05, 0) is 35.6 Å². The third-order valence-corrected chi connectivity index (χ3v) is 3.85. The van der Waals surface area contributed by atoms with Crippen molar-refractivity contribution < 1.29 is 9.72 Å². The van der Waals surface area contributed by atoms with E-state index in [9.17, 15) is 14.9 Å². The van der Waals surface area contributed by atoms with Crippen molar-refractivity contribution in [1.29, 1.82) is 0 Å². The summed E-state index contributed by atoms with van der Waals surface area (Å²) in [4.78, 5) is 26.2. The SMILES string of the molecule is Cc1cc(NC(=O)Cn2c([N+](=O)[O-])cnc2C)ccc1Br. The van der Waals surface area contributed by atoms with Gasteiger partial charge in [0.2, 0.25) is 0 Å². The number of nitro groups is 1. The Hall–Kier alpha value is -2.22. The molecule has 7 nitrogen and oxygen atoms in total. The second-order valence-corrected chi connectivity index (χ2v) is 5.37. The Balaban J connectivity index is 2.13. The number of halogens is 1. The van der Waals surface area contributed by atoms with E-state index in [1.54, 1.807) is 13.0 Å². The van der Waals surface area contributed by atoms with Crippen LogP contribution in [0, 0.1) is 24.0 Å². The van der Waals surface area contributed by atoms with Gasteiger partial charge in [0.15, 0.2) is 12.4 Å². The number of nitrogens with one attached hydrogen (secondary N) is 1. The van der Waals surface area contributed by atoms with Crippen LogP contribution in [0.1, 0.15) is 11.4 Å². The van der Waals surface area contributed by atoms with E-state index in [2.05, 4.69) is 26.2 Å². The van der Waals surface area contributed by atoms with Crippen molar-refractivity contribution in [3.63, 3.8) is 0 Å². The van der Waals surface area contributed by atoms with Crippen molar-refractivity contribution in [1.82, 2.24) is 9.55 Å². The van der Waals surface area contributed by atoms with Gasteiger partial charge in [-0.25, -0.2) is 9.55 Å². The molecular formula is C13H13BrN4O3. The summed E-state index contributed by atoms with van der Waals surface area (Å²) in [6.45, 7) is 3.37. The molecule has 110 valence electrons. The van der Waals surface area contributed by atoms with E-state index in [1.807, 2.05) is 19.1 Å². The number of benzene rings is 1. The molecular weight excluding hydrogens is 340 g/mol. The number of imidazole rings is 1. The minimum absolute atomic E-state index is 0.155. The van der Waals surface area contributed by atoms with Crippen LogP contribution in [0.25, 0.3) is 0 Å². The molecule has 21 heavy (non-hydrogen) atoms. The van der Waals surface area contributed by atoms with Gasteiger partial charge in [0.1, 0.15) is 6.20 Å². The summed E-state index contributed by atoms with van der Waals surface area (Å²) in [7, 11) is 0. The van der Waals surface area contributed by atoms with Crippen LogP contribution in [0.3, 0.4) is 0 Å². The maximum absolute atomic E-state index is 12.0. The molecule has 1 N–H and O–H groups in total. The van der Waals surface area contributed by atoms with Gasteiger partial charge in [-0.15, -0.1) is 0 Å². The van der Waals surface area contributed by atoms with E-state index in [0.717, 1.165) is 16.2 Å². The molecule has 0 atom stereocenters. The summed E-state index contributed by atoms with van der Waals surface area (Å²) in [6, 6.07) is 5.40. The average Bonchev–Trinajstić information content (AvgIpc) is 2.76. The van der Waals surface area contributed by atoms with Crippen molar-refractivity contribution in [3.05, 3.63) is 50.4 Å². The molecule has 0 aliphatic heterocycles. The van der Waals surface area contributed by atoms with Gasteiger partial charge in [0, 0.05) is 17.1 Å². The van der Waals surface area contributed by atoms with Crippen molar-refractivity contribution in [3.8, 4) is 0 Å². The number of aromatic nitrogens is 2. The molecule has 1 aromatic carbocycles. The molecule has 0 unspecified atom stereocenters. The summed E-state index contributed by atoms with van der Waals surface area (Å²) < 4.78 is 2.21. The van der Waals surface area contributed by atoms with Crippen molar-refractivity contribution in [2.24, 2.45) is 0 Å². The number of anilines is 1. The normalized spacial score (nSPS) is 10.4. The Bertz CT molecular complexity index is 711. The van der Waals surface area contributed by atoms with Crippen LogP contribution in [-0.4, -0.2) is 20.4 Å². The highest BCUT2D eigenvalue weighted by molar-refractivity contribution is 9.10. The number of amides is 1. The molecule has 1 amide bonds. The minimum atomic E-state index is -0.558. The lowest BCUT2D eigenvalue weighted by Crippen LogP contribution is -2.20. The predicted molar refractivity (Wildman–Crippen MR) is 81.1 cm³/mol. The molecule has 0 saturated carbocycles. The Labute approximate surface area is 129 Å². The van der Waals surface area contributed by atoms with E-state index >= 15 is 0 Å². The first-order chi connectivity index (χ1) is 9.88. The van der Waals surface area contributed by atoms with Crippen LogP contribution in [0.2, 0.25) is 0 Å². The molecule has 0 saturated heterocycles. The standard InChI is InChI=1S/C13H13BrN4O3/c1-8-5-10(3-4-11(8)14)16-12(19)7-17-9(2)15-6-13(17)18(20)21/h3-6H,7H2,1-2H3,(H,16,19). The summed E-state index contributed by atoms with van der Waals surface area (Å²) in [5.74, 6) is -0.126. The Morgan fingerprint density at radius 3 is 2.81 bits per heavy atom. The van der Waals surface area contributed by atoms with Crippen molar-refractivity contribution in [2.45, 2.75) is 20.4 Å². The first kappa shape index (κ1) is 15.2. The van der Waals surface area contributed by atoms with Crippen molar-refractivity contribution >= 4 is 33.3 Å². The number of carbonyl (C=O) groups excluding carboxylic acids is 1. The largest absolute Gasteiger partial charge is 0.358 e. The fraction of sp³-hybridized carbons (Fsp3) is 0.231. The lowest BCUT2D eigenvalue weighted by molar-refractivity contribution is -0.392. The van der Waals surface area contributed by atoms with Gasteiger partial charge in [-0.3, -0.25) is 4.79 Å². The smallest absolute Gasteiger partial charge is 0.343 e. The van der Waals surface area contributed by atoms with Crippen LogP contribution < -0.4 is 5.32 Å². The molecule has 2 rings (SSSR count). The third kappa shape index (κ3) is 3.46. The van der Waals surface area contributed by atoms with Gasteiger partial charge >= 0.3 is 5.82 Å². The van der Waals surface area contributed by atoms with E-state index in [4.69, 9.17) is 0 Å². The van der Waals surface area contributed by atoms with Crippen LogP contribution >= 0.6 is 15.9 Å². The average molecular weight is 353 g/mol. The zero-order valence-corrected chi connectivity index (χ0v) is 13.0. The fourth-order valence-electron chi connectivity index (χ4n) is 1.86. The Kier molecular flexibility index (Phi) is 4.37. The van der Waals surface area contributed by atoms with E-state index in [-0.39, 0.29) is 18.3 Å². The van der Waals surface area contributed by atoms with E-state index in [1.165, 1.54) is 4.57 Å². The Morgan fingerprint density at radius 2 is 2.19 bits per heavy atom. The maximum atomic E-state index is 12.0. The molecule has 1 aromatic heterocycles. The first-order valence-electron chi connectivity index (χ1n) is 6.11. The molecule has 0 radical (unpaired) electrons. The predicted octanol–water partition coefficient (Wildman–Crippen LogP) is 2.81. The van der Waals surface area contributed by atoms with Gasteiger partial charge in [-0.2, -0.15) is 0 Å². The third-order valence-electron chi connectivity index (χ3n) is 2.96. The van der Waals surface area contributed by atoms with Gasteiger partial charge in [0.05, 0.1) is 0 Å². The molecule has 8 heteroatoms. The molecule has 0 aliphatic carbocycles. The molecule has 0 spiro atoms. The van der Waals surface area contributed by atoms with Crippen LogP contribution in [0.15, 0.2) is 28.9 Å². The highest BCUT2D eigenvalue weighted by Crippen LogP contribution is 2.20. The number of nitrogens with zero attached hydrogens (tertiary/aromatic N) is 3. The lowest BCUT2D eigenvalue weighted by Gasteiger charge is -2.07. The van der Waals surface area contributed by atoms with E-state index in [0.29, 0.717) is 11.5 Å². The molecule has 0 fully saturated rings. The number of hydrogen-bond acceptors (Lipinski definition) is 4. The monoisotopic (exact) mass is 352 g/mol. The zero-order valence-electron chi connectivity index (χ0n) is 11.5. The highest BCUT2D eigenvalue weighted by Gasteiger charge is 2.20. The number of rotatable bonds is 4. The topological polar surface area (TPSA) is 90.1 Å². The van der Waals surface area contributed by atoms with Crippen LogP contribution in [-0.2, 0) is 11.3 Å². The Morgan fingerprint density at radius 1 is 1.48 bits per heavy atom. The number of aryl methyl sites for hydroxylation is 2. The molecule has 2 aromatic rings. The number of carbonyl (C=O) groups is 1.